The number of aliphatic hydroxyl groups excluding tert-OH is 1. The Kier molecular flexibility index (Phi) is 5.26. The quantitative estimate of drug-likeness (QED) is 0.754. The second-order valence-corrected chi connectivity index (χ2v) is 5.61. The van der Waals surface area contributed by atoms with E-state index in [0.717, 1.165) is 25.2 Å². The molecule has 0 aromatic carbocycles. The Morgan fingerprint density at radius 3 is 2.06 bits per heavy atom. The van der Waals surface area contributed by atoms with E-state index in [2.05, 4.69) is 32.8 Å². The zero-order valence-corrected chi connectivity index (χ0v) is 11.5. The van der Waals surface area contributed by atoms with Crippen molar-refractivity contribution >= 4 is 0 Å². The summed E-state index contributed by atoms with van der Waals surface area (Å²) in [7, 11) is 4.20. The average molecular weight is 227 g/mol. The maximum absolute atomic E-state index is 10.5. The molecule has 1 fully saturated rings. The second-order valence-electron chi connectivity index (χ2n) is 5.61. The summed E-state index contributed by atoms with van der Waals surface area (Å²) in [5.41, 5.74) is -0.0113. The van der Waals surface area contributed by atoms with Gasteiger partial charge in [0, 0.05) is 5.54 Å². The van der Waals surface area contributed by atoms with E-state index in [1.165, 1.54) is 25.7 Å². The summed E-state index contributed by atoms with van der Waals surface area (Å²) in [6, 6.07) is 0. The lowest BCUT2D eigenvalue weighted by Crippen LogP contribution is -2.53. The zero-order valence-electron chi connectivity index (χ0n) is 11.5. The highest BCUT2D eigenvalue weighted by Crippen LogP contribution is 2.34. The van der Waals surface area contributed by atoms with Crippen molar-refractivity contribution in [2.24, 2.45) is 5.92 Å². The van der Waals surface area contributed by atoms with Gasteiger partial charge in [-0.3, -0.25) is 0 Å². The van der Waals surface area contributed by atoms with E-state index in [1.54, 1.807) is 0 Å². The standard InChI is InChI=1S/C14H29NO/c1-5-14(6-2,15(3)4)13(16)11-12-9-7-8-10-12/h12-13,16H,5-11H2,1-4H3. The van der Waals surface area contributed by atoms with Gasteiger partial charge < -0.3 is 10.0 Å². The minimum absolute atomic E-state index is 0.0113. The minimum Gasteiger partial charge on any atom is -0.391 e. The van der Waals surface area contributed by atoms with Crippen molar-refractivity contribution in [3.05, 3.63) is 0 Å². The van der Waals surface area contributed by atoms with Crippen LogP contribution in [-0.2, 0) is 0 Å². The van der Waals surface area contributed by atoms with Crippen LogP contribution in [0.15, 0.2) is 0 Å². The average Bonchev–Trinajstić information content (AvgIpc) is 2.72. The topological polar surface area (TPSA) is 23.5 Å². The molecule has 0 heterocycles. The minimum atomic E-state index is -0.166. The largest absolute Gasteiger partial charge is 0.391 e. The van der Waals surface area contributed by atoms with Gasteiger partial charge in [-0.15, -0.1) is 0 Å². The van der Waals surface area contributed by atoms with Crippen LogP contribution in [0.5, 0.6) is 0 Å². The van der Waals surface area contributed by atoms with E-state index >= 15 is 0 Å². The van der Waals surface area contributed by atoms with Crippen LogP contribution in [0.2, 0.25) is 0 Å². The molecular formula is C14H29NO. The maximum Gasteiger partial charge on any atom is 0.0726 e. The van der Waals surface area contributed by atoms with Crippen molar-refractivity contribution in [1.82, 2.24) is 4.90 Å². The van der Waals surface area contributed by atoms with Gasteiger partial charge >= 0.3 is 0 Å². The highest BCUT2D eigenvalue weighted by atomic mass is 16.3. The third kappa shape index (κ3) is 2.78. The molecule has 2 nitrogen and oxygen atoms in total. The molecule has 0 aliphatic heterocycles. The Hall–Kier alpha value is -0.0800. The number of likely N-dealkylation sites (N-methyl/N-ethyl adjacent to an activating group) is 1. The van der Waals surface area contributed by atoms with Crippen molar-refractivity contribution in [1.29, 1.82) is 0 Å². The van der Waals surface area contributed by atoms with Crippen molar-refractivity contribution in [3.8, 4) is 0 Å². The number of nitrogens with zero attached hydrogens (tertiary/aromatic N) is 1. The van der Waals surface area contributed by atoms with Crippen molar-refractivity contribution in [2.75, 3.05) is 14.1 Å². The molecule has 0 bridgehead atoms. The van der Waals surface area contributed by atoms with E-state index in [4.69, 9.17) is 0 Å². The number of hydrogen-bond donors (Lipinski definition) is 1. The SMILES string of the molecule is CCC(CC)(C(O)CC1CCCC1)N(C)C. The zero-order chi connectivity index (χ0) is 12.2. The van der Waals surface area contributed by atoms with Gasteiger partial charge in [0.05, 0.1) is 6.10 Å². The van der Waals surface area contributed by atoms with E-state index in [1.807, 2.05) is 0 Å². The number of rotatable bonds is 6. The molecule has 0 aromatic rings. The van der Waals surface area contributed by atoms with Gasteiger partial charge in [-0.1, -0.05) is 39.5 Å². The van der Waals surface area contributed by atoms with Gasteiger partial charge in [0.1, 0.15) is 0 Å². The van der Waals surface area contributed by atoms with Crippen LogP contribution in [-0.4, -0.2) is 35.7 Å². The first kappa shape index (κ1) is 14.0. The first-order valence-corrected chi connectivity index (χ1v) is 6.92. The molecule has 1 aliphatic rings. The molecule has 0 aromatic heterocycles. The number of aliphatic hydroxyl groups is 1. The Bertz CT molecular complexity index is 193. The molecule has 1 rings (SSSR count). The Morgan fingerprint density at radius 1 is 1.19 bits per heavy atom. The molecule has 16 heavy (non-hydrogen) atoms. The summed E-state index contributed by atoms with van der Waals surface area (Å²) in [5, 5.41) is 10.5. The normalized spacial score (nSPS) is 20.6. The lowest BCUT2D eigenvalue weighted by Gasteiger charge is -2.43. The van der Waals surface area contributed by atoms with Crippen LogP contribution in [0, 0.1) is 5.92 Å². The fraction of sp³-hybridized carbons (Fsp3) is 1.00. The van der Waals surface area contributed by atoms with Gasteiger partial charge in [0.15, 0.2) is 0 Å². The Balaban J connectivity index is 2.62. The lowest BCUT2D eigenvalue weighted by atomic mass is 9.80. The predicted octanol–water partition coefficient (Wildman–Crippen LogP) is 3.05. The highest BCUT2D eigenvalue weighted by molar-refractivity contribution is 4.93. The van der Waals surface area contributed by atoms with Gasteiger partial charge in [0.25, 0.3) is 0 Å². The Labute approximate surface area is 101 Å². The monoisotopic (exact) mass is 227 g/mol. The molecule has 1 atom stereocenters. The molecular weight excluding hydrogens is 198 g/mol. The van der Waals surface area contributed by atoms with Gasteiger partial charge in [-0.25, -0.2) is 0 Å². The molecule has 1 aliphatic carbocycles. The maximum atomic E-state index is 10.5. The van der Waals surface area contributed by atoms with Crippen LogP contribution in [0.3, 0.4) is 0 Å². The van der Waals surface area contributed by atoms with E-state index in [0.29, 0.717) is 0 Å². The third-order valence-corrected chi connectivity index (χ3v) is 4.77. The highest BCUT2D eigenvalue weighted by Gasteiger charge is 2.38. The summed E-state index contributed by atoms with van der Waals surface area (Å²) in [6.07, 6.45) is 8.28. The summed E-state index contributed by atoms with van der Waals surface area (Å²) in [4.78, 5) is 2.23. The van der Waals surface area contributed by atoms with Gasteiger partial charge in [-0.2, -0.15) is 0 Å². The van der Waals surface area contributed by atoms with Crippen LogP contribution in [0.4, 0.5) is 0 Å². The van der Waals surface area contributed by atoms with Crippen molar-refractivity contribution in [3.63, 3.8) is 0 Å². The van der Waals surface area contributed by atoms with Gasteiger partial charge in [-0.05, 0) is 39.3 Å². The molecule has 1 unspecified atom stereocenters. The second kappa shape index (κ2) is 6.02. The molecule has 1 saturated carbocycles. The van der Waals surface area contributed by atoms with Crippen LogP contribution in [0.1, 0.15) is 58.8 Å². The molecule has 0 amide bonds. The van der Waals surface area contributed by atoms with Crippen LogP contribution < -0.4 is 0 Å². The smallest absolute Gasteiger partial charge is 0.0726 e. The molecule has 0 spiro atoms. The number of hydrogen-bond acceptors (Lipinski definition) is 2. The summed E-state index contributed by atoms with van der Waals surface area (Å²) in [6.45, 7) is 4.39. The van der Waals surface area contributed by atoms with Crippen molar-refractivity contribution < 1.29 is 5.11 Å². The van der Waals surface area contributed by atoms with Crippen molar-refractivity contribution in [2.45, 2.75) is 70.4 Å². The van der Waals surface area contributed by atoms with Crippen LogP contribution >= 0.6 is 0 Å². The summed E-state index contributed by atoms with van der Waals surface area (Å²) in [5.74, 6) is 0.771. The lowest BCUT2D eigenvalue weighted by molar-refractivity contribution is -0.0257. The van der Waals surface area contributed by atoms with E-state index < -0.39 is 0 Å². The fourth-order valence-electron chi connectivity index (χ4n) is 3.43. The summed E-state index contributed by atoms with van der Waals surface area (Å²) < 4.78 is 0. The first-order valence-electron chi connectivity index (χ1n) is 6.92. The molecule has 96 valence electrons. The molecule has 1 N–H and O–H groups in total. The van der Waals surface area contributed by atoms with Crippen LogP contribution in [0.25, 0.3) is 0 Å². The van der Waals surface area contributed by atoms with E-state index in [9.17, 15) is 5.11 Å². The molecule has 0 radical (unpaired) electrons. The first-order chi connectivity index (χ1) is 7.56. The summed E-state index contributed by atoms with van der Waals surface area (Å²) >= 11 is 0. The fourth-order valence-corrected chi connectivity index (χ4v) is 3.43. The van der Waals surface area contributed by atoms with E-state index in [-0.39, 0.29) is 11.6 Å². The molecule has 0 saturated heterocycles. The Morgan fingerprint density at radius 2 is 1.69 bits per heavy atom. The molecule has 2 heteroatoms. The third-order valence-electron chi connectivity index (χ3n) is 4.77. The van der Waals surface area contributed by atoms with Gasteiger partial charge in [0.2, 0.25) is 0 Å². The predicted molar refractivity (Wildman–Crippen MR) is 69.6 cm³/mol.